The van der Waals surface area contributed by atoms with Gasteiger partial charge in [-0.15, -0.1) is 0 Å². The van der Waals surface area contributed by atoms with Crippen molar-refractivity contribution in [3.05, 3.63) is 28.8 Å². The fourth-order valence-corrected chi connectivity index (χ4v) is 5.59. The predicted octanol–water partition coefficient (Wildman–Crippen LogP) is -2.21. The minimum atomic E-state index is -1.09. The Balaban J connectivity index is 0.00000196. The molecule has 2 N–H and O–H groups in total. The van der Waals surface area contributed by atoms with Crippen molar-refractivity contribution >= 4 is 33.6 Å². The first kappa shape index (κ1) is 19.3. The molecule has 0 unspecified atom stereocenters. The fourth-order valence-electron chi connectivity index (χ4n) is 4.24. The number of carboxylic acids is 1. The topological polar surface area (TPSA) is 86.1 Å². The number of amides is 1. The number of rotatable bonds is 3. The molecule has 0 radical (unpaired) electrons. The van der Waals surface area contributed by atoms with Crippen molar-refractivity contribution in [2.24, 2.45) is 18.9 Å². The van der Waals surface area contributed by atoms with E-state index in [-0.39, 0.29) is 47.5 Å². The second kappa shape index (κ2) is 6.31. The molecule has 0 saturated carbocycles. The maximum atomic E-state index is 12.4. The summed E-state index contributed by atoms with van der Waals surface area (Å²) in [5, 5.41) is 19.7. The summed E-state index contributed by atoms with van der Waals surface area (Å²) in [6.45, 7) is 5.49. The highest BCUT2D eigenvalue weighted by molar-refractivity contribution is 7.18. The molecule has 7 nitrogen and oxygen atoms in total. The van der Waals surface area contributed by atoms with E-state index < -0.39 is 18.0 Å². The van der Waals surface area contributed by atoms with E-state index >= 15 is 0 Å². The summed E-state index contributed by atoms with van der Waals surface area (Å²) in [6, 6.07) is -0.287. The van der Waals surface area contributed by atoms with E-state index in [9.17, 15) is 19.8 Å². The second-order valence-corrected chi connectivity index (χ2v) is 7.99. The lowest BCUT2D eigenvalue weighted by atomic mass is 9.77. The van der Waals surface area contributed by atoms with Gasteiger partial charge in [-0.1, -0.05) is 18.3 Å². The summed E-state index contributed by atoms with van der Waals surface area (Å²) >= 11 is 1.53. The summed E-state index contributed by atoms with van der Waals surface area (Å²) < 4.78 is 3.98. The average Bonchev–Trinajstić information content (AvgIpc) is 3.09. The van der Waals surface area contributed by atoms with Crippen LogP contribution in [-0.4, -0.2) is 43.5 Å². The number of aliphatic carboxylic acids is 1. The number of nitrogens with zero attached hydrogens (tertiary/aromatic N) is 3. The third kappa shape index (κ3) is 2.36. The van der Waals surface area contributed by atoms with Gasteiger partial charge in [0.05, 0.1) is 30.0 Å². The molecule has 1 fully saturated rings. The number of β-lactam (4-membered cyclic amide) rings is 1. The monoisotopic (exact) mass is 489 g/mol. The number of thiazole rings is 1. The predicted molar refractivity (Wildman–Crippen MR) is 90.7 cm³/mol. The molecule has 0 aliphatic carbocycles. The number of carboxylic acid groups (broad SMARTS) is 1. The second-order valence-electron chi connectivity index (χ2n) is 6.96. The van der Waals surface area contributed by atoms with Gasteiger partial charge in [0.1, 0.15) is 17.6 Å². The van der Waals surface area contributed by atoms with E-state index in [0.717, 1.165) is 15.4 Å². The SMILES string of the molecule is Cc1c(C2=C(C(=O)O)N3C(=O)[C@H]([C@@H](C)O)[C@H]3[C@H]2C)sc2c[n+](C)cn12.[I-]. The molecule has 26 heavy (non-hydrogen) atoms. The Morgan fingerprint density at radius 1 is 1.42 bits per heavy atom. The van der Waals surface area contributed by atoms with E-state index in [0.29, 0.717) is 5.57 Å². The van der Waals surface area contributed by atoms with Gasteiger partial charge in [-0.2, -0.15) is 4.40 Å². The molecule has 2 aromatic rings. The molecule has 4 rings (SSSR count). The van der Waals surface area contributed by atoms with Gasteiger partial charge in [0.15, 0.2) is 0 Å². The molecular formula is C17H20IN3O4S. The molecule has 0 spiro atoms. The quantitative estimate of drug-likeness (QED) is 0.291. The molecule has 0 aromatic carbocycles. The van der Waals surface area contributed by atoms with Crippen LogP contribution < -0.4 is 28.5 Å². The zero-order chi connectivity index (χ0) is 18.2. The van der Waals surface area contributed by atoms with Crippen LogP contribution >= 0.6 is 11.3 Å². The van der Waals surface area contributed by atoms with E-state index in [2.05, 4.69) is 0 Å². The summed E-state index contributed by atoms with van der Waals surface area (Å²) in [4.78, 5) is 27.7. The maximum absolute atomic E-state index is 12.4. The summed E-state index contributed by atoms with van der Waals surface area (Å²) in [5.41, 5.74) is 1.73. The molecule has 9 heteroatoms. The zero-order valence-electron chi connectivity index (χ0n) is 14.8. The van der Waals surface area contributed by atoms with E-state index in [1.165, 1.54) is 16.2 Å². The molecular weight excluding hydrogens is 469 g/mol. The highest BCUT2D eigenvalue weighted by Gasteiger charge is 2.60. The van der Waals surface area contributed by atoms with Crippen LogP contribution in [0, 0.1) is 18.8 Å². The smallest absolute Gasteiger partial charge is 0.352 e. The summed E-state index contributed by atoms with van der Waals surface area (Å²) in [7, 11) is 1.94. The number of carbonyl (C=O) groups is 2. The van der Waals surface area contributed by atoms with Gasteiger partial charge in [-0.05, 0) is 13.8 Å². The minimum absolute atomic E-state index is 0. The van der Waals surface area contributed by atoms with E-state index in [1.807, 2.05) is 42.4 Å². The number of carbonyl (C=O) groups excluding carboxylic acids is 1. The highest BCUT2D eigenvalue weighted by Crippen LogP contribution is 2.52. The Morgan fingerprint density at radius 3 is 2.62 bits per heavy atom. The first-order valence-corrected chi connectivity index (χ1v) is 9.01. The lowest BCUT2D eigenvalue weighted by Gasteiger charge is -2.46. The highest BCUT2D eigenvalue weighted by atomic mass is 127. The number of imidazole rings is 1. The molecule has 2 aliphatic heterocycles. The van der Waals surface area contributed by atoms with Crippen molar-refractivity contribution in [3.63, 3.8) is 0 Å². The van der Waals surface area contributed by atoms with Crippen LogP contribution in [0.25, 0.3) is 10.4 Å². The fraction of sp³-hybridized carbons (Fsp3) is 0.471. The largest absolute Gasteiger partial charge is 1.00 e. The van der Waals surface area contributed by atoms with Gasteiger partial charge in [0, 0.05) is 11.5 Å². The number of fused-ring (bicyclic) bond motifs is 2. The summed E-state index contributed by atoms with van der Waals surface area (Å²) in [5.74, 6) is -2.07. The van der Waals surface area contributed by atoms with E-state index in [1.54, 1.807) is 6.92 Å². The van der Waals surface area contributed by atoms with Crippen molar-refractivity contribution in [1.29, 1.82) is 0 Å². The number of hydrogen-bond acceptors (Lipinski definition) is 4. The lowest BCUT2D eigenvalue weighted by molar-refractivity contribution is -0.670. The molecule has 0 bridgehead atoms. The summed E-state index contributed by atoms with van der Waals surface area (Å²) in [6.07, 6.45) is 3.15. The van der Waals surface area contributed by atoms with Crippen LogP contribution in [0.2, 0.25) is 0 Å². The number of aryl methyl sites for hydroxylation is 2. The van der Waals surface area contributed by atoms with Crippen molar-refractivity contribution in [2.75, 3.05) is 0 Å². The van der Waals surface area contributed by atoms with Crippen LogP contribution in [0.5, 0.6) is 0 Å². The molecule has 4 heterocycles. The van der Waals surface area contributed by atoms with Gasteiger partial charge in [0.2, 0.25) is 17.1 Å². The number of aromatic nitrogens is 2. The van der Waals surface area contributed by atoms with Crippen LogP contribution in [0.1, 0.15) is 24.4 Å². The molecule has 1 saturated heterocycles. The van der Waals surface area contributed by atoms with Crippen LogP contribution in [0.4, 0.5) is 0 Å². The van der Waals surface area contributed by atoms with Crippen LogP contribution in [0.15, 0.2) is 18.2 Å². The first-order valence-electron chi connectivity index (χ1n) is 8.19. The number of hydrogen-bond donors (Lipinski definition) is 2. The van der Waals surface area contributed by atoms with Gasteiger partial charge in [0.25, 0.3) is 0 Å². The number of halogens is 1. The van der Waals surface area contributed by atoms with Gasteiger partial charge < -0.3 is 39.1 Å². The van der Waals surface area contributed by atoms with Gasteiger partial charge >= 0.3 is 5.97 Å². The van der Waals surface area contributed by atoms with Gasteiger partial charge in [-0.3, -0.25) is 4.79 Å². The standard InChI is InChI=1S/C17H19N3O4S.HI/c1-7-11(15-8(2)19-6-18(4)5-10(19)25-15)14(17(23)24)20-13(7)12(9(3)21)16(20)22;/h5-7,9,12-13,21H,1-4H3;1H/t7-,9+,12+,13+;/m0./s1. The van der Waals surface area contributed by atoms with Crippen LogP contribution in [-0.2, 0) is 16.6 Å². The minimum Gasteiger partial charge on any atom is -1.00 e. The molecule has 4 atom stereocenters. The molecule has 2 aromatic heterocycles. The maximum Gasteiger partial charge on any atom is 0.352 e. The third-order valence-electron chi connectivity index (χ3n) is 5.36. The van der Waals surface area contributed by atoms with Gasteiger partial charge in [-0.25, -0.2) is 9.36 Å². The van der Waals surface area contributed by atoms with Crippen molar-refractivity contribution < 1.29 is 48.3 Å². The number of aliphatic hydroxyl groups is 1. The van der Waals surface area contributed by atoms with Crippen molar-refractivity contribution in [3.8, 4) is 0 Å². The molecule has 1 amide bonds. The Labute approximate surface area is 171 Å². The third-order valence-corrected chi connectivity index (χ3v) is 6.60. The Morgan fingerprint density at radius 2 is 2.08 bits per heavy atom. The average molecular weight is 489 g/mol. The lowest BCUT2D eigenvalue weighted by Crippen LogP contribution is -3.00. The molecule has 140 valence electrons. The van der Waals surface area contributed by atoms with E-state index in [4.69, 9.17) is 0 Å². The van der Waals surface area contributed by atoms with Crippen molar-refractivity contribution in [2.45, 2.75) is 32.9 Å². The Hall–Kier alpha value is -1.46. The van der Waals surface area contributed by atoms with Crippen molar-refractivity contribution in [1.82, 2.24) is 9.30 Å². The Kier molecular flexibility index (Phi) is 4.68. The Bertz CT molecular complexity index is 961. The zero-order valence-corrected chi connectivity index (χ0v) is 17.8. The first-order chi connectivity index (χ1) is 11.7. The van der Waals surface area contributed by atoms with Crippen LogP contribution in [0.3, 0.4) is 0 Å². The number of aliphatic hydroxyl groups excluding tert-OH is 1. The molecule has 2 aliphatic rings. The normalized spacial score (nSPS) is 26.0.